The molecule has 1 fully saturated rings. The molecule has 0 amide bonds. The third-order valence-corrected chi connectivity index (χ3v) is 2.99. The predicted octanol–water partition coefficient (Wildman–Crippen LogP) is -0.248. The van der Waals surface area contributed by atoms with Gasteiger partial charge in [-0.1, -0.05) is 0 Å². The van der Waals surface area contributed by atoms with Crippen LogP contribution in [0.2, 0.25) is 0 Å². The maximum atomic E-state index is 5.88. The average molecular weight is 222 g/mol. The first kappa shape index (κ1) is 11.0. The average Bonchev–Trinajstić information content (AvgIpc) is 2.60. The van der Waals surface area contributed by atoms with E-state index in [1.165, 1.54) is 0 Å². The molecule has 2 atom stereocenters. The first-order valence-electron chi connectivity index (χ1n) is 5.31. The monoisotopic (exact) mass is 222 g/mol. The van der Waals surface area contributed by atoms with Gasteiger partial charge in [0, 0.05) is 36.9 Å². The Bertz CT molecular complexity index is 372. The van der Waals surface area contributed by atoms with Crippen LogP contribution >= 0.6 is 0 Å². The van der Waals surface area contributed by atoms with Crippen molar-refractivity contribution in [2.45, 2.75) is 12.1 Å². The van der Waals surface area contributed by atoms with Crippen LogP contribution in [0.4, 0.5) is 11.4 Å². The van der Waals surface area contributed by atoms with Gasteiger partial charge in [0.15, 0.2) is 0 Å². The van der Waals surface area contributed by atoms with E-state index in [9.17, 15) is 0 Å². The van der Waals surface area contributed by atoms with Crippen LogP contribution in [0.25, 0.3) is 0 Å². The molecule has 1 aromatic rings. The van der Waals surface area contributed by atoms with Crippen molar-refractivity contribution in [3.05, 3.63) is 18.2 Å². The number of rotatable bonds is 2. The first-order valence-corrected chi connectivity index (χ1v) is 5.31. The second-order valence-electron chi connectivity index (χ2n) is 4.16. The maximum absolute atomic E-state index is 5.88. The number of ether oxygens (including phenoxy) is 1. The van der Waals surface area contributed by atoms with Gasteiger partial charge in [-0.05, 0) is 12.1 Å². The highest BCUT2D eigenvalue weighted by Gasteiger charge is 2.27. The van der Waals surface area contributed by atoms with Gasteiger partial charge in [-0.15, -0.1) is 0 Å². The number of nitrogen functional groups attached to an aromatic ring is 1. The lowest BCUT2D eigenvalue weighted by molar-refractivity contribution is 0.417. The highest BCUT2D eigenvalue weighted by atomic mass is 16.5. The maximum Gasteiger partial charge on any atom is 0.143 e. The molecule has 5 heteroatoms. The van der Waals surface area contributed by atoms with Gasteiger partial charge in [0.05, 0.1) is 12.8 Å². The topological polar surface area (TPSA) is 90.5 Å². The lowest BCUT2D eigenvalue weighted by Gasteiger charge is -2.19. The molecular weight excluding hydrogens is 204 g/mol. The van der Waals surface area contributed by atoms with Crippen molar-refractivity contribution in [3.63, 3.8) is 0 Å². The Hall–Kier alpha value is -1.46. The molecule has 1 aliphatic heterocycles. The number of benzene rings is 1. The number of methoxy groups -OCH3 is 1. The molecule has 2 unspecified atom stereocenters. The first-order chi connectivity index (χ1) is 7.61. The second-order valence-corrected chi connectivity index (χ2v) is 4.16. The van der Waals surface area contributed by atoms with Gasteiger partial charge in [0.25, 0.3) is 0 Å². The van der Waals surface area contributed by atoms with Crippen LogP contribution in [0, 0.1) is 0 Å². The van der Waals surface area contributed by atoms with E-state index in [1.807, 2.05) is 18.2 Å². The Kier molecular flexibility index (Phi) is 2.89. The molecule has 5 nitrogen and oxygen atoms in total. The Labute approximate surface area is 95.1 Å². The Balaban J connectivity index is 2.22. The summed E-state index contributed by atoms with van der Waals surface area (Å²) in [6.45, 7) is 1.54. The van der Waals surface area contributed by atoms with Gasteiger partial charge in [-0.25, -0.2) is 0 Å². The molecule has 1 heterocycles. The number of nitrogens with two attached hydrogens (primary N) is 3. The molecular formula is C11H18N4O. The van der Waals surface area contributed by atoms with Crippen molar-refractivity contribution in [3.8, 4) is 5.75 Å². The molecule has 1 aliphatic rings. The zero-order valence-corrected chi connectivity index (χ0v) is 9.39. The molecule has 0 aromatic heterocycles. The summed E-state index contributed by atoms with van der Waals surface area (Å²) in [5.74, 6) is 0.687. The minimum absolute atomic E-state index is 0.0311. The summed E-state index contributed by atoms with van der Waals surface area (Å²) in [6, 6.07) is 5.78. The molecule has 1 saturated heterocycles. The van der Waals surface area contributed by atoms with Crippen molar-refractivity contribution < 1.29 is 4.74 Å². The third-order valence-electron chi connectivity index (χ3n) is 2.99. The van der Waals surface area contributed by atoms with Crippen LogP contribution in [-0.4, -0.2) is 32.3 Å². The van der Waals surface area contributed by atoms with Gasteiger partial charge in [0.1, 0.15) is 5.75 Å². The van der Waals surface area contributed by atoms with Crippen molar-refractivity contribution in [2.75, 3.05) is 30.8 Å². The fraction of sp³-hybridized carbons (Fsp3) is 0.455. The van der Waals surface area contributed by atoms with Crippen LogP contribution in [0.1, 0.15) is 0 Å². The number of hydrogen-bond acceptors (Lipinski definition) is 5. The quantitative estimate of drug-likeness (QED) is 0.600. The van der Waals surface area contributed by atoms with Crippen molar-refractivity contribution in [1.82, 2.24) is 0 Å². The van der Waals surface area contributed by atoms with Crippen molar-refractivity contribution in [1.29, 1.82) is 0 Å². The van der Waals surface area contributed by atoms with Crippen LogP contribution in [0.15, 0.2) is 18.2 Å². The lowest BCUT2D eigenvalue weighted by atomic mass is 10.2. The smallest absolute Gasteiger partial charge is 0.143 e. The van der Waals surface area contributed by atoms with E-state index < -0.39 is 0 Å². The summed E-state index contributed by atoms with van der Waals surface area (Å²) in [4.78, 5) is 2.15. The van der Waals surface area contributed by atoms with E-state index >= 15 is 0 Å². The zero-order chi connectivity index (χ0) is 11.7. The van der Waals surface area contributed by atoms with Crippen LogP contribution < -0.4 is 26.8 Å². The second kappa shape index (κ2) is 4.19. The van der Waals surface area contributed by atoms with Gasteiger partial charge >= 0.3 is 0 Å². The molecule has 2 rings (SSSR count). The van der Waals surface area contributed by atoms with Crippen molar-refractivity contribution >= 4 is 11.4 Å². The van der Waals surface area contributed by atoms with Gasteiger partial charge < -0.3 is 26.8 Å². The van der Waals surface area contributed by atoms with Crippen LogP contribution in [-0.2, 0) is 0 Å². The summed E-state index contributed by atoms with van der Waals surface area (Å²) in [5.41, 5.74) is 19.2. The molecule has 0 radical (unpaired) electrons. The van der Waals surface area contributed by atoms with E-state index in [0.29, 0.717) is 11.4 Å². The van der Waals surface area contributed by atoms with E-state index in [2.05, 4.69) is 4.90 Å². The van der Waals surface area contributed by atoms with Gasteiger partial charge in [-0.3, -0.25) is 0 Å². The zero-order valence-electron chi connectivity index (χ0n) is 9.39. The SMILES string of the molecule is COc1cc(N2CC(N)C(N)C2)ccc1N. The molecule has 16 heavy (non-hydrogen) atoms. The van der Waals surface area contributed by atoms with Crippen molar-refractivity contribution in [2.24, 2.45) is 11.5 Å². The largest absolute Gasteiger partial charge is 0.495 e. The summed E-state index contributed by atoms with van der Waals surface area (Å²) in [7, 11) is 1.61. The minimum Gasteiger partial charge on any atom is -0.495 e. The number of anilines is 2. The Morgan fingerprint density at radius 2 is 1.88 bits per heavy atom. The minimum atomic E-state index is 0.0311. The Morgan fingerprint density at radius 1 is 1.25 bits per heavy atom. The molecule has 0 aliphatic carbocycles. The van der Waals surface area contributed by atoms with Gasteiger partial charge in [0.2, 0.25) is 0 Å². The van der Waals surface area contributed by atoms with Crippen LogP contribution in [0.3, 0.4) is 0 Å². The predicted molar refractivity (Wildman–Crippen MR) is 65.6 cm³/mol. The summed E-state index contributed by atoms with van der Waals surface area (Å²) < 4.78 is 5.18. The summed E-state index contributed by atoms with van der Waals surface area (Å²) in [5, 5.41) is 0. The molecule has 0 bridgehead atoms. The van der Waals surface area contributed by atoms with E-state index in [4.69, 9.17) is 21.9 Å². The van der Waals surface area contributed by atoms with Crippen LogP contribution in [0.5, 0.6) is 5.75 Å². The normalized spacial score (nSPS) is 24.8. The Morgan fingerprint density at radius 3 is 2.44 bits per heavy atom. The lowest BCUT2D eigenvalue weighted by Crippen LogP contribution is -2.39. The highest BCUT2D eigenvalue weighted by Crippen LogP contribution is 2.28. The number of nitrogens with zero attached hydrogens (tertiary/aromatic N) is 1. The third kappa shape index (κ3) is 1.91. The number of hydrogen-bond donors (Lipinski definition) is 3. The fourth-order valence-electron chi connectivity index (χ4n) is 1.96. The van der Waals surface area contributed by atoms with E-state index in [0.717, 1.165) is 18.8 Å². The van der Waals surface area contributed by atoms with E-state index in [1.54, 1.807) is 7.11 Å². The molecule has 0 saturated carbocycles. The molecule has 88 valence electrons. The highest BCUT2D eigenvalue weighted by molar-refractivity contribution is 5.62. The summed E-state index contributed by atoms with van der Waals surface area (Å²) in [6.07, 6.45) is 0. The van der Waals surface area contributed by atoms with Gasteiger partial charge in [-0.2, -0.15) is 0 Å². The summed E-state index contributed by atoms with van der Waals surface area (Å²) >= 11 is 0. The fourth-order valence-corrected chi connectivity index (χ4v) is 1.96. The molecule has 1 aromatic carbocycles. The molecule has 0 spiro atoms. The standard InChI is InChI=1S/C11H18N4O/c1-16-11-4-7(2-3-8(11)12)15-5-9(13)10(14)6-15/h2-4,9-10H,5-6,12-14H2,1H3. The van der Waals surface area contributed by atoms with E-state index in [-0.39, 0.29) is 12.1 Å². The molecule has 6 N–H and O–H groups in total.